The fourth-order valence-corrected chi connectivity index (χ4v) is 6.83. The van der Waals surface area contributed by atoms with Gasteiger partial charge in [-0.15, -0.1) is 0 Å². The molecule has 116 valence electrons. The van der Waals surface area contributed by atoms with Gasteiger partial charge in [0.25, 0.3) is 0 Å². The SMILES string of the molecule is CCC1C2CNCC2CN1S(=O)(=O)c1cc(Br)ccc1Br. The van der Waals surface area contributed by atoms with Gasteiger partial charge in [-0.25, -0.2) is 8.42 Å². The van der Waals surface area contributed by atoms with Gasteiger partial charge in [0.15, 0.2) is 0 Å². The maximum Gasteiger partial charge on any atom is 0.244 e. The molecule has 0 bridgehead atoms. The largest absolute Gasteiger partial charge is 0.316 e. The van der Waals surface area contributed by atoms with Gasteiger partial charge in [-0.1, -0.05) is 22.9 Å². The molecule has 0 amide bonds. The molecule has 0 spiro atoms. The number of nitrogens with zero attached hydrogens (tertiary/aromatic N) is 1. The molecule has 3 unspecified atom stereocenters. The van der Waals surface area contributed by atoms with Gasteiger partial charge >= 0.3 is 0 Å². The Balaban J connectivity index is 2.00. The molecule has 2 aliphatic rings. The summed E-state index contributed by atoms with van der Waals surface area (Å²) in [7, 11) is -3.47. The normalized spacial score (nSPS) is 29.8. The summed E-state index contributed by atoms with van der Waals surface area (Å²) in [5.74, 6) is 0.881. The molecule has 0 aliphatic carbocycles. The molecule has 4 nitrogen and oxygen atoms in total. The Kier molecular flexibility index (Phi) is 4.49. The predicted molar refractivity (Wildman–Crippen MR) is 89.7 cm³/mol. The third-order valence-electron chi connectivity index (χ3n) is 4.57. The van der Waals surface area contributed by atoms with Crippen molar-refractivity contribution in [1.29, 1.82) is 0 Å². The molecule has 1 aromatic rings. The van der Waals surface area contributed by atoms with E-state index in [0.717, 1.165) is 24.0 Å². The summed E-state index contributed by atoms with van der Waals surface area (Å²) >= 11 is 6.74. The van der Waals surface area contributed by atoms with Crippen LogP contribution < -0.4 is 5.32 Å². The summed E-state index contributed by atoms with van der Waals surface area (Å²) in [6.07, 6.45) is 0.855. The Morgan fingerprint density at radius 3 is 2.81 bits per heavy atom. The molecule has 7 heteroatoms. The molecule has 3 rings (SSSR count). The average Bonchev–Trinajstić information content (AvgIpc) is 3.01. The first-order chi connectivity index (χ1) is 9.95. The number of nitrogens with one attached hydrogen (secondary N) is 1. The Morgan fingerprint density at radius 2 is 2.10 bits per heavy atom. The van der Waals surface area contributed by atoms with Crippen LogP contribution in [-0.4, -0.2) is 38.4 Å². The van der Waals surface area contributed by atoms with Gasteiger partial charge in [-0.3, -0.25) is 0 Å². The van der Waals surface area contributed by atoms with Crippen molar-refractivity contribution in [2.45, 2.75) is 24.3 Å². The molecule has 21 heavy (non-hydrogen) atoms. The molecular formula is C14H18Br2N2O2S. The number of sulfonamides is 1. The van der Waals surface area contributed by atoms with E-state index < -0.39 is 10.0 Å². The molecule has 0 aromatic heterocycles. The Hall–Kier alpha value is 0.0500. The topological polar surface area (TPSA) is 49.4 Å². The molecule has 0 radical (unpaired) electrons. The van der Waals surface area contributed by atoms with Crippen molar-refractivity contribution in [2.24, 2.45) is 11.8 Å². The zero-order valence-electron chi connectivity index (χ0n) is 11.7. The maximum atomic E-state index is 13.1. The van der Waals surface area contributed by atoms with Crippen molar-refractivity contribution in [3.05, 3.63) is 27.1 Å². The first-order valence-electron chi connectivity index (χ1n) is 7.12. The third kappa shape index (κ3) is 2.72. The Bertz CT molecular complexity index is 650. The van der Waals surface area contributed by atoms with E-state index in [9.17, 15) is 8.42 Å². The van der Waals surface area contributed by atoms with Crippen LogP contribution in [-0.2, 0) is 10.0 Å². The van der Waals surface area contributed by atoms with Crippen molar-refractivity contribution in [3.8, 4) is 0 Å². The van der Waals surface area contributed by atoms with Crippen molar-refractivity contribution in [2.75, 3.05) is 19.6 Å². The van der Waals surface area contributed by atoms with Crippen LogP contribution in [0.5, 0.6) is 0 Å². The standard InChI is InChI=1S/C14H18Br2N2O2S/c1-2-13-11-7-17-6-9(11)8-18(13)21(19,20)14-5-10(15)3-4-12(14)16/h3-5,9,11,13,17H,2,6-8H2,1H3. The van der Waals surface area contributed by atoms with Gasteiger partial charge < -0.3 is 5.32 Å². The highest BCUT2D eigenvalue weighted by molar-refractivity contribution is 9.11. The number of fused-ring (bicyclic) bond motifs is 1. The molecule has 0 saturated carbocycles. The van der Waals surface area contributed by atoms with Gasteiger partial charge in [-0.2, -0.15) is 4.31 Å². The van der Waals surface area contributed by atoms with Gasteiger partial charge in [0.1, 0.15) is 0 Å². The second kappa shape index (κ2) is 5.92. The van der Waals surface area contributed by atoms with E-state index >= 15 is 0 Å². The second-order valence-corrected chi connectivity index (χ2v) is 9.34. The van der Waals surface area contributed by atoms with Crippen LogP contribution in [0.25, 0.3) is 0 Å². The predicted octanol–water partition coefficient (Wildman–Crippen LogP) is 2.83. The highest BCUT2D eigenvalue weighted by atomic mass is 79.9. The van der Waals surface area contributed by atoms with E-state index in [-0.39, 0.29) is 6.04 Å². The Labute approximate surface area is 142 Å². The second-order valence-electron chi connectivity index (χ2n) is 5.71. The lowest BCUT2D eigenvalue weighted by molar-refractivity contribution is 0.329. The van der Waals surface area contributed by atoms with E-state index in [1.54, 1.807) is 16.4 Å². The number of halogens is 2. The van der Waals surface area contributed by atoms with Crippen LogP contribution in [0.3, 0.4) is 0 Å². The molecule has 2 aliphatic heterocycles. The van der Waals surface area contributed by atoms with E-state index in [4.69, 9.17) is 0 Å². The zero-order valence-corrected chi connectivity index (χ0v) is 15.7. The van der Waals surface area contributed by atoms with E-state index in [1.807, 2.05) is 6.07 Å². The van der Waals surface area contributed by atoms with Crippen LogP contribution in [0.4, 0.5) is 0 Å². The number of benzene rings is 1. The molecule has 2 heterocycles. The quantitative estimate of drug-likeness (QED) is 0.790. The summed E-state index contributed by atoms with van der Waals surface area (Å²) in [6, 6.07) is 5.39. The van der Waals surface area contributed by atoms with E-state index in [2.05, 4.69) is 44.1 Å². The van der Waals surface area contributed by atoms with Crippen LogP contribution in [0.1, 0.15) is 13.3 Å². The highest BCUT2D eigenvalue weighted by Gasteiger charge is 2.48. The summed E-state index contributed by atoms with van der Waals surface area (Å²) < 4.78 is 29.2. The van der Waals surface area contributed by atoms with Crippen LogP contribution in [0, 0.1) is 11.8 Å². The van der Waals surface area contributed by atoms with Gasteiger partial charge in [0, 0.05) is 21.5 Å². The Morgan fingerprint density at radius 1 is 1.33 bits per heavy atom. The van der Waals surface area contributed by atoms with Crippen LogP contribution >= 0.6 is 31.9 Å². The smallest absolute Gasteiger partial charge is 0.244 e. The minimum Gasteiger partial charge on any atom is -0.316 e. The zero-order chi connectivity index (χ0) is 15.2. The fraction of sp³-hybridized carbons (Fsp3) is 0.571. The molecular weight excluding hydrogens is 420 g/mol. The molecule has 3 atom stereocenters. The van der Waals surface area contributed by atoms with Gasteiger partial charge in [0.2, 0.25) is 10.0 Å². The van der Waals surface area contributed by atoms with Gasteiger partial charge in [0.05, 0.1) is 4.90 Å². The minimum absolute atomic E-state index is 0.0980. The molecule has 1 N–H and O–H groups in total. The summed E-state index contributed by atoms with van der Waals surface area (Å²) in [6.45, 7) is 4.54. The summed E-state index contributed by atoms with van der Waals surface area (Å²) in [5.41, 5.74) is 0. The lowest BCUT2D eigenvalue weighted by Gasteiger charge is -2.26. The van der Waals surface area contributed by atoms with Crippen molar-refractivity contribution < 1.29 is 8.42 Å². The molecule has 1 aromatic carbocycles. The third-order valence-corrected chi connectivity index (χ3v) is 7.95. The van der Waals surface area contributed by atoms with Gasteiger partial charge in [-0.05, 0) is 65.5 Å². The highest BCUT2D eigenvalue weighted by Crippen LogP contribution is 2.39. The molecule has 2 fully saturated rings. The number of hydrogen-bond acceptors (Lipinski definition) is 3. The maximum absolute atomic E-state index is 13.1. The average molecular weight is 438 g/mol. The lowest BCUT2D eigenvalue weighted by Crippen LogP contribution is -2.39. The lowest BCUT2D eigenvalue weighted by atomic mass is 9.93. The van der Waals surface area contributed by atoms with Crippen molar-refractivity contribution in [3.63, 3.8) is 0 Å². The fourth-order valence-electron chi connectivity index (χ4n) is 3.57. The molecule has 2 saturated heterocycles. The van der Waals surface area contributed by atoms with Crippen molar-refractivity contribution >= 4 is 41.9 Å². The first-order valence-corrected chi connectivity index (χ1v) is 10.2. The van der Waals surface area contributed by atoms with E-state index in [1.165, 1.54) is 0 Å². The van der Waals surface area contributed by atoms with Crippen LogP contribution in [0.15, 0.2) is 32.0 Å². The summed E-state index contributed by atoms with van der Waals surface area (Å²) in [4.78, 5) is 0.350. The van der Waals surface area contributed by atoms with E-state index in [0.29, 0.717) is 27.7 Å². The number of rotatable bonds is 3. The first kappa shape index (κ1) is 15.9. The summed E-state index contributed by atoms with van der Waals surface area (Å²) in [5, 5.41) is 3.38. The van der Waals surface area contributed by atoms with Crippen molar-refractivity contribution in [1.82, 2.24) is 9.62 Å². The minimum atomic E-state index is -3.47. The van der Waals surface area contributed by atoms with Crippen LogP contribution in [0.2, 0.25) is 0 Å². The number of hydrogen-bond donors (Lipinski definition) is 1. The monoisotopic (exact) mass is 436 g/mol.